The Morgan fingerprint density at radius 3 is 1.77 bits per heavy atom. The molecule has 1 heterocycles. The van der Waals surface area contributed by atoms with Crippen LogP contribution in [-0.4, -0.2) is 4.57 Å². The van der Waals surface area contributed by atoms with Gasteiger partial charge in [-0.05, 0) is 138 Å². The first-order chi connectivity index (χ1) is 34.5. The molecule has 4 aliphatic rings. The summed E-state index contributed by atoms with van der Waals surface area (Å²) in [6.07, 6.45) is 5.92. The number of hydrogen-bond donors (Lipinski definition) is 0. The molecule has 1 unspecified atom stereocenters. The number of anilines is 3. The summed E-state index contributed by atoms with van der Waals surface area (Å²) < 4.78 is 2.66. The fourth-order valence-electron chi connectivity index (χ4n) is 13.6. The van der Waals surface area contributed by atoms with Gasteiger partial charge in [0, 0.05) is 49.5 Å². The summed E-state index contributed by atoms with van der Waals surface area (Å²) in [7, 11) is 0. The maximum Gasteiger partial charge on any atom is 0.0563 e. The van der Waals surface area contributed by atoms with E-state index in [9.17, 15) is 0 Å². The third kappa shape index (κ3) is 5.94. The predicted octanol–water partition coefficient (Wildman–Crippen LogP) is 18.5. The second kappa shape index (κ2) is 15.0. The van der Waals surface area contributed by atoms with Gasteiger partial charge >= 0.3 is 0 Å². The zero-order chi connectivity index (χ0) is 48.0. The highest BCUT2D eigenvalue weighted by molar-refractivity contribution is 6.10. The topological polar surface area (TPSA) is 8.17 Å². The lowest BCUT2D eigenvalue weighted by Crippen LogP contribution is -2.21. The van der Waals surface area contributed by atoms with Gasteiger partial charge in [-0.1, -0.05) is 205 Å². The lowest BCUT2D eigenvalue weighted by molar-refractivity contribution is 0.544. The van der Waals surface area contributed by atoms with Crippen LogP contribution in [0.4, 0.5) is 17.1 Å². The molecule has 9 aromatic carbocycles. The van der Waals surface area contributed by atoms with Crippen molar-refractivity contribution < 1.29 is 0 Å². The zero-order valence-corrected chi connectivity index (χ0v) is 41.4. The van der Waals surface area contributed by atoms with Crippen LogP contribution in [0, 0.1) is 0 Å². The predicted molar refractivity (Wildman–Crippen MR) is 299 cm³/mol. The van der Waals surface area contributed by atoms with Crippen LogP contribution in [0.5, 0.6) is 0 Å². The van der Waals surface area contributed by atoms with Crippen LogP contribution in [0.2, 0.25) is 0 Å². The Morgan fingerprint density at radius 1 is 0.408 bits per heavy atom. The summed E-state index contributed by atoms with van der Waals surface area (Å²) in [6, 6.07) is 75.3. The van der Waals surface area contributed by atoms with Gasteiger partial charge in [0.2, 0.25) is 0 Å². The van der Waals surface area contributed by atoms with E-state index in [0.29, 0.717) is 0 Å². The van der Waals surface area contributed by atoms with Gasteiger partial charge < -0.3 is 9.47 Å². The fraction of sp³-hybridized carbons (Fsp3) is 0.159. The molecule has 0 saturated heterocycles. The Kier molecular flexibility index (Phi) is 8.89. The van der Waals surface area contributed by atoms with Gasteiger partial charge in [0.25, 0.3) is 0 Å². The summed E-state index contributed by atoms with van der Waals surface area (Å²) in [5.41, 5.74) is 27.4. The van der Waals surface area contributed by atoms with Crippen molar-refractivity contribution in [2.45, 2.75) is 70.3 Å². The SMILES string of the molecule is CC1(C)C2=C(C=CC(n3c4ccccc4c4ccc(N(c5ccc6c(c5)C(C)(C)c5ccccc5-6)c5ccccc5-c5ccccc5)cc43)C2)c2cc3c(cc21)-c1c(-c2ccccc2)cccc1C3(C)C. The van der Waals surface area contributed by atoms with E-state index in [1.165, 1.54) is 111 Å². The maximum absolute atomic E-state index is 2.66. The Morgan fingerprint density at radius 2 is 0.972 bits per heavy atom. The largest absolute Gasteiger partial charge is 0.333 e. The minimum absolute atomic E-state index is 0.115. The van der Waals surface area contributed by atoms with Gasteiger partial charge in [-0.2, -0.15) is 0 Å². The standard InChI is InChI=1S/C69H56N2/c1-67(2)57-28-16-13-25-50(57)51-35-32-45(38-59(51)67)70(63-30-17-14-24-48(63)43-20-9-7-10-21-43)47-34-37-54-53-26-15-18-31-64(53)71(65(54)40-47)46-33-36-52-55-41-62-56(42-61(55)69(5,6)60(52)39-46)66-49(44-22-11-8-12-23-44)27-19-29-58(66)68(62,3)4/h7-38,40-42,46H,39H2,1-6H3. The highest BCUT2D eigenvalue weighted by Crippen LogP contribution is 2.59. The Hall–Kier alpha value is -7.94. The minimum atomic E-state index is -0.153. The number of aromatic nitrogens is 1. The Bertz CT molecular complexity index is 3930. The second-order valence-corrected chi connectivity index (χ2v) is 22.0. The number of fused-ring (bicyclic) bond motifs is 11. The fourth-order valence-corrected chi connectivity index (χ4v) is 13.6. The smallest absolute Gasteiger partial charge is 0.0563 e. The number of benzene rings is 9. The first kappa shape index (κ1) is 42.0. The first-order valence-electron chi connectivity index (χ1n) is 25.5. The molecular weight excluding hydrogens is 857 g/mol. The van der Waals surface area contributed by atoms with Crippen LogP contribution in [0.15, 0.2) is 218 Å². The number of para-hydroxylation sites is 2. The highest BCUT2D eigenvalue weighted by atomic mass is 15.1. The van der Waals surface area contributed by atoms with Gasteiger partial charge in [-0.15, -0.1) is 0 Å². The molecule has 14 rings (SSSR count). The molecule has 2 heteroatoms. The van der Waals surface area contributed by atoms with Gasteiger partial charge in [-0.3, -0.25) is 0 Å². The van der Waals surface area contributed by atoms with Crippen LogP contribution in [0.1, 0.15) is 87.4 Å². The molecule has 71 heavy (non-hydrogen) atoms. The third-order valence-corrected chi connectivity index (χ3v) is 17.2. The molecule has 1 aromatic heterocycles. The van der Waals surface area contributed by atoms with Gasteiger partial charge in [0.15, 0.2) is 0 Å². The van der Waals surface area contributed by atoms with Gasteiger partial charge in [0.1, 0.15) is 0 Å². The molecular formula is C69H56N2. The summed E-state index contributed by atoms with van der Waals surface area (Å²) in [4.78, 5) is 2.51. The average Bonchev–Trinajstić information content (AvgIpc) is 4.02. The molecule has 0 bridgehead atoms. The second-order valence-electron chi connectivity index (χ2n) is 22.0. The highest BCUT2D eigenvalue weighted by Gasteiger charge is 2.44. The van der Waals surface area contributed by atoms with Crippen molar-refractivity contribution >= 4 is 44.4 Å². The number of hydrogen-bond acceptors (Lipinski definition) is 1. The third-order valence-electron chi connectivity index (χ3n) is 17.2. The van der Waals surface area contributed by atoms with E-state index < -0.39 is 0 Å². The average molecular weight is 913 g/mol. The van der Waals surface area contributed by atoms with Crippen LogP contribution < -0.4 is 4.90 Å². The van der Waals surface area contributed by atoms with E-state index in [0.717, 1.165) is 23.5 Å². The first-order valence-corrected chi connectivity index (χ1v) is 25.5. The summed E-state index contributed by atoms with van der Waals surface area (Å²) in [5, 5.41) is 2.57. The molecule has 342 valence electrons. The van der Waals surface area contributed by atoms with E-state index in [2.05, 4.69) is 263 Å². The van der Waals surface area contributed by atoms with Crippen LogP contribution in [-0.2, 0) is 16.2 Å². The Labute approximate surface area is 417 Å². The number of allylic oxidation sites excluding steroid dienone is 4. The Balaban J connectivity index is 0.911. The number of nitrogens with zero attached hydrogens (tertiary/aromatic N) is 2. The minimum Gasteiger partial charge on any atom is -0.333 e. The normalized spacial score (nSPS) is 17.2. The van der Waals surface area contributed by atoms with Crippen LogP contribution in [0.25, 0.3) is 71.9 Å². The summed E-state index contributed by atoms with van der Waals surface area (Å²) >= 11 is 0. The van der Waals surface area contributed by atoms with Crippen molar-refractivity contribution in [2.75, 3.05) is 4.90 Å². The van der Waals surface area contributed by atoms with Crippen molar-refractivity contribution in [2.24, 2.45) is 0 Å². The summed E-state index contributed by atoms with van der Waals surface area (Å²) in [5.74, 6) is 0. The molecule has 4 aliphatic carbocycles. The molecule has 0 N–H and O–H groups in total. The van der Waals surface area contributed by atoms with E-state index in [1.54, 1.807) is 0 Å². The van der Waals surface area contributed by atoms with Gasteiger partial charge in [0.05, 0.1) is 17.2 Å². The monoisotopic (exact) mass is 912 g/mol. The molecule has 1 atom stereocenters. The molecule has 2 nitrogen and oxygen atoms in total. The van der Waals surface area contributed by atoms with Crippen LogP contribution >= 0.6 is 0 Å². The van der Waals surface area contributed by atoms with E-state index >= 15 is 0 Å². The number of rotatable bonds is 6. The van der Waals surface area contributed by atoms with Crippen molar-refractivity contribution in [1.29, 1.82) is 0 Å². The quantitative estimate of drug-likeness (QED) is 0.161. The lowest BCUT2D eigenvalue weighted by atomic mass is 9.76. The maximum atomic E-state index is 2.66. The van der Waals surface area contributed by atoms with E-state index in [1.807, 2.05) is 0 Å². The lowest BCUT2D eigenvalue weighted by Gasteiger charge is -2.31. The van der Waals surface area contributed by atoms with Crippen LogP contribution in [0.3, 0.4) is 0 Å². The molecule has 0 spiro atoms. The molecule has 0 radical (unpaired) electrons. The van der Waals surface area contributed by atoms with E-state index in [4.69, 9.17) is 0 Å². The summed E-state index contributed by atoms with van der Waals surface area (Å²) in [6.45, 7) is 14.6. The molecule has 0 aliphatic heterocycles. The van der Waals surface area contributed by atoms with Gasteiger partial charge in [-0.25, -0.2) is 0 Å². The molecule has 10 aromatic rings. The molecule has 0 saturated carbocycles. The zero-order valence-electron chi connectivity index (χ0n) is 41.4. The van der Waals surface area contributed by atoms with E-state index in [-0.39, 0.29) is 22.3 Å². The van der Waals surface area contributed by atoms with Crippen molar-refractivity contribution in [1.82, 2.24) is 4.57 Å². The van der Waals surface area contributed by atoms with Crippen molar-refractivity contribution in [3.05, 3.63) is 251 Å². The van der Waals surface area contributed by atoms with Crippen molar-refractivity contribution in [3.63, 3.8) is 0 Å². The van der Waals surface area contributed by atoms with Crippen molar-refractivity contribution in [3.8, 4) is 44.5 Å². The molecule has 0 fully saturated rings. The molecule has 0 amide bonds.